The van der Waals surface area contributed by atoms with E-state index in [0.29, 0.717) is 22.6 Å². The van der Waals surface area contributed by atoms with Crippen LogP contribution in [-0.2, 0) is 0 Å². The van der Waals surface area contributed by atoms with Gasteiger partial charge in [0.25, 0.3) is 11.8 Å². The largest absolute Gasteiger partial charge is 0.271 e. The summed E-state index contributed by atoms with van der Waals surface area (Å²) >= 11 is 0. The van der Waals surface area contributed by atoms with E-state index in [4.69, 9.17) is 0 Å². The maximum atomic E-state index is 12.6. The van der Waals surface area contributed by atoms with Gasteiger partial charge in [0.05, 0.1) is 11.4 Å². The van der Waals surface area contributed by atoms with Crippen LogP contribution in [0.5, 0.6) is 0 Å². The number of hydrazone groups is 2. The van der Waals surface area contributed by atoms with Gasteiger partial charge in [-0.1, -0.05) is 72.8 Å². The first-order valence-corrected chi connectivity index (χ1v) is 12.3. The second kappa shape index (κ2) is 10.9. The Morgan fingerprint density at radius 2 is 0.816 bits per heavy atom. The van der Waals surface area contributed by atoms with Gasteiger partial charge in [0.2, 0.25) is 0 Å². The van der Waals surface area contributed by atoms with E-state index in [9.17, 15) is 9.59 Å². The van der Waals surface area contributed by atoms with Crippen molar-refractivity contribution in [2.24, 2.45) is 10.2 Å². The average Bonchev–Trinajstić information content (AvgIpc) is 2.97. The minimum absolute atomic E-state index is 0.359. The van der Waals surface area contributed by atoms with Crippen LogP contribution in [0, 0.1) is 0 Å². The number of amides is 2. The Balaban J connectivity index is 1.21. The van der Waals surface area contributed by atoms with E-state index in [1.165, 1.54) is 0 Å². The van der Waals surface area contributed by atoms with Gasteiger partial charge in [-0.15, -0.1) is 0 Å². The number of nitrogens with one attached hydrogen (secondary N) is 2. The van der Waals surface area contributed by atoms with Crippen molar-refractivity contribution in [1.29, 1.82) is 0 Å². The fourth-order valence-electron chi connectivity index (χ4n) is 4.13. The lowest BCUT2D eigenvalue weighted by Gasteiger charge is -2.06. The van der Waals surface area contributed by atoms with E-state index in [1.54, 1.807) is 24.3 Å². The quantitative estimate of drug-likeness (QED) is 0.213. The molecule has 0 aliphatic carbocycles. The molecule has 0 unspecified atom stereocenters. The van der Waals surface area contributed by atoms with Gasteiger partial charge in [-0.25, -0.2) is 10.9 Å². The first kappa shape index (κ1) is 24.6. The Morgan fingerprint density at radius 1 is 0.474 bits per heavy atom. The van der Waals surface area contributed by atoms with Crippen LogP contribution in [0.2, 0.25) is 0 Å². The van der Waals surface area contributed by atoms with Gasteiger partial charge in [0.15, 0.2) is 0 Å². The van der Waals surface area contributed by atoms with Crippen molar-refractivity contribution in [3.05, 3.63) is 131 Å². The number of carbonyl (C=O) groups is 2. The predicted molar refractivity (Wildman–Crippen MR) is 154 cm³/mol. The summed E-state index contributed by atoms with van der Waals surface area (Å²) in [4.78, 5) is 25.2. The molecule has 0 aromatic heterocycles. The lowest BCUT2D eigenvalue weighted by Crippen LogP contribution is -2.21. The molecule has 0 heterocycles. The van der Waals surface area contributed by atoms with E-state index >= 15 is 0 Å². The van der Waals surface area contributed by atoms with Gasteiger partial charge in [0.1, 0.15) is 0 Å². The molecule has 5 aromatic rings. The first-order chi connectivity index (χ1) is 18.5. The summed E-state index contributed by atoms with van der Waals surface area (Å²) in [5, 5.41) is 13.0. The molecule has 5 aromatic carbocycles. The lowest BCUT2D eigenvalue weighted by atomic mass is 10.0. The van der Waals surface area contributed by atoms with Crippen molar-refractivity contribution in [2.75, 3.05) is 0 Å². The van der Waals surface area contributed by atoms with Crippen molar-refractivity contribution < 1.29 is 9.59 Å². The van der Waals surface area contributed by atoms with Crippen LogP contribution >= 0.6 is 0 Å². The van der Waals surface area contributed by atoms with Crippen molar-refractivity contribution in [3.63, 3.8) is 0 Å². The number of benzene rings is 5. The summed E-state index contributed by atoms with van der Waals surface area (Å²) in [6, 6.07) is 34.6. The Morgan fingerprint density at radius 3 is 1.21 bits per heavy atom. The molecular weight excluding hydrogens is 472 g/mol. The van der Waals surface area contributed by atoms with E-state index in [2.05, 4.69) is 33.2 Å². The second-order valence-electron chi connectivity index (χ2n) is 8.98. The van der Waals surface area contributed by atoms with Gasteiger partial charge < -0.3 is 0 Å². The maximum Gasteiger partial charge on any atom is 0.271 e. The molecule has 5 rings (SSSR count). The van der Waals surface area contributed by atoms with E-state index in [1.807, 2.05) is 86.6 Å². The monoisotopic (exact) mass is 498 g/mol. The fraction of sp³-hybridized carbons (Fsp3) is 0.0625. The molecular formula is C32H26N4O2. The molecule has 0 radical (unpaired) electrons. The molecule has 0 saturated heterocycles. The molecule has 0 atom stereocenters. The molecule has 186 valence electrons. The molecule has 2 N–H and O–H groups in total. The molecule has 0 aliphatic heterocycles. The zero-order valence-electron chi connectivity index (χ0n) is 21.1. The second-order valence-corrected chi connectivity index (χ2v) is 8.98. The van der Waals surface area contributed by atoms with Crippen LogP contribution < -0.4 is 10.9 Å². The van der Waals surface area contributed by atoms with Gasteiger partial charge >= 0.3 is 0 Å². The maximum absolute atomic E-state index is 12.6. The first-order valence-electron chi connectivity index (χ1n) is 12.3. The molecule has 6 heteroatoms. The van der Waals surface area contributed by atoms with Crippen molar-refractivity contribution in [1.82, 2.24) is 10.9 Å². The smallest absolute Gasteiger partial charge is 0.267 e. The Kier molecular flexibility index (Phi) is 7.04. The standard InChI is InChI=1S/C32H26N4O2/c1-21(27-17-11-23-7-3-5-9-29(23)19-27)33-35-31(37)25-13-15-26(16-14-25)32(38)36-34-22(2)28-18-12-24-8-4-6-10-30(24)20-28/h3-20H,1-2H3,(H,35,37)(H,36,38)/b33-21+,34-22+. The van der Waals surface area contributed by atoms with Crippen molar-refractivity contribution in [3.8, 4) is 0 Å². The Labute approximate surface area is 220 Å². The molecule has 38 heavy (non-hydrogen) atoms. The summed E-state index contributed by atoms with van der Waals surface area (Å²) < 4.78 is 0. The summed E-state index contributed by atoms with van der Waals surface area (Å²) in [6.07, 6.45) is 0. The minimum atomic E-state index is -0.359. The Bertz CT molecular complexity index is 1590. The number of hydrogen-bond donors (Lipinski definition) is 2. The molecule has 0 bridgehead atoms. The van der Waals surface area contributed by atoms with Crippen LogP contribution in [0.1, 0.15) is 45.7 Å². The highest BCUT2D eigenvalue weighted by Gasteiger charge is 2.09. The van der Waals surface area contributed by atoms with Gasteiger partial charge in [-0.2, -0.15) is 10.2 Å². The summed E-state index contributed by atoms with van der Waals surface area (Å²) in [5.41, 5.74) is 9.22. The third kappa shape index (κ3) is 5.50. The van der Waals surface area contributed by atoms with Crippen LogP contribution in [0.3, 0.4) is 0 Å². The number of hydrogen-bond acceptors (Lipinski definition) is 4. The zero-order chi connectivity index (χ0) is 26.5. The summed E-state index contributed by atoms with van der Waals surface area (Å²) in [5.74, 6) is -0.718. The highest BCUT2D eigenvalue weighted by molar-refractivity contribution is 6.04. The highest BCUT2D eigenvalue weighted by atomic mass is 16.2. The lowest BCUT2D eigenvalue weighted by molar-refractivity contribution is 0.0943. The van der Waals surface area contributed by atoms with Crippen LogP contribution in [-0.4, -0.2) is 23.2 Å². The third-order valence-corrected chi connectivity index (χ3v) is 6.39. The fourth-order valence-corrected chi connectivity index (χ4v) is 4.13. The van der Waals surface area contributed by atoms with E-state index in [-0.39, 0.29) is 11.8 Å². The number of nitrogens with zero attached hydrogens (tertiary/aromatic N) is 2. The van der Waals surface area contributed by atoms with Gasteiger partial charge in [-0.3, -0.25) is 9.59 Å². The van der Waals surface area contributed by atoms with E-state index in [0.717, 1.165) is 32.7 Å². The van der Waals surface area contributed by atoms with Crippen molar-refractivity contribution in [2.45, 2.75) is 13.8 Å². The molecule has 0 aliphatic rings. The molecule has 0 spiro atoms. The van der Waals surface area contributed by atoms with Crippen molar-refractivity contribution >= 4 is 44.8 Å². The van der Waals surface area contributed by atoms with Crippen LogP contribution in [0.4, 0.5) is 0 Å². The molecule has 2 amide bonds. The Hall–Kier alpha value is -5.10. The summed E-state index contributed by atoms with van der Waals surface area (Å²) in [6.45, 7) is 3.69. The van der Waals surface area contributed by atoms with Gasteiger partial charge in [0, 0.05) is 11.1 Å². The predicted octanol–water partition coefficient (Wildman–Crippen LogP) is 6.30. The number of rotatable bonds is 6. The SMILES string of the molecule is C/C(=N\NC(=O)c1ccc(C(=O)N/N=C(\C)c2ccc3ccccc3c2)cc1)c1ccc2ccccc2c1. The normalized spacial score (nSPS) is 11.9. The molecule has 6 nitrogen and oxygen atoms in total. The van der Waals surface area contributed by atoms with Crippen LogP contribution in [0.25, 0.3) is 21.5 Å². The summed E-state index contributed by atoms with van der Waals surface area (Å²) in [7, 11) is 0. The minimum Gasteiger partial charge on any atom is -0.267 e. The molecule has 0 fully saturated rings. The zero-order valence-corrected chi connectivity index (χ0v) is 21.1. The van der Waals surface area contributed by atoms with E-state index < -0.39 is 0 Å². The van der Waals surface area contributed by atoms with Crippen LogP contribution in [0.15, 0.2) is 119 Å². The number of fused-ring (bicyclic) bond motifs is 2. The number of carbonyl (C=O) groups excluding carboxylic acids is 2. The third-order valence-electron chi connectivity index (χ3n) is 6.39. The highest BCUT2D eigenvalue weighted by Crippen LogP contribution is 2.17. The van der Waals surface area contributed by atoms with Gasteiger partial charge in [-0.05, 0) is 82.9 Å². The topological polar surface area (TPSA) is 82.9 Å². The average molecular weight is 499 g/mol. The molecule has 0 saturated carbocycles.